The van der Waals surface area contributed by atoms with Crippen LogP contribution in [0.15, 0.2) is 0 Å². The molecule has 0 fully saturated rings. The first-order chi connectivity index (χ1) is 3.27. The highest BCUT2D eigenvalue weighted by Crippen LogP contribution is 1.69. The summed E-state index contributed by atoms with van der Waals surface area (Å²) in [4.78, 5) is 0. The summed E-state index contributed by atoms with van der Waals surface area (Å²) in [6, 6.07) is 0. The number of hydrogen-bond donors (Lipinski definition) is 4. The molecule has 0 heterocycles. The molecule has 7 heavy (non-hydrogen) atoms. The summed E-state index contributed by atoms with van der Waals surface area (Å²) in [5.74, 6) is 0. The number of nitrogens with two attached hydrogens (primary N) is 2. The maximum atomic E-state index is 5.10. The molecule has 0 saturated heterocycles. The molecule has 0 radical (unpaired) electrons. The zero-order valence-corrected chi connectivity index (χ0v) is 5.20. The Hall–Kier alpha value is 0.100. The topological polar surface area (TPSA) is 64.1 Å². The molecular formula is C3H11N3S. The summed E-state index contributed by atoms with van der Waals surface area (Å²) in [5, 5.41) is 0.418. The minimum Gasteiger partial charge on any atom is -0.288 e. The van der Waals surface area contributed by atoms with Crippen molar-refractivity contribution in [3.63, 3.8) is 0 Å². The molecule has 0 amide bonds. The second kappa shape index (κ2) is 4.26. The first kappa shape index (κ1) is 7.10. The van der Waals surface area contributed by atoms with Crippen molar-refractivity contribution in [2.24, 2.45) is 11.5 Å². The van der Waals surface area contributed by atoms with Crippen LogP contribution in [-0.4, -0.2) is 11.7 Å². The van der Waals surface area contributed by atoms with E-state index in [4.69, 9.17) is 11.5 Å². The number of thiol groups is 1. The smallest absolute Gasteiger partial charge is 0.0882 e. The first-order valence-electron chi connectivity index (χ1n) is 2.09. The van der Waals surface area contributed by atoms with Crippen LogP contribution in [-0.2, 0) is 0 Å². The Morgan fingerprint density at radius 2 is 2.29 bits per heavy atom. The van der Waals surface area contributed by atoms with Crippen LogP contribution in [0.25, 0.3) is 0 Å². The lowest BCUT2D eigenvalue weighted by Gasteiger charge is -1.90. The van der Waals surface area contributed by atoms with Crippen molar-refractivity contribution in [3.8, 4) is 0 Å². The fraction of sp³-hybridized carbons (Fsp3) is 0.667. The van der Waals surface area contributed by atoms with E-state index in [9.17, 15) is 0 Å². The van der Waals surface area contributed by atoms with Gasteiger partial charge in [0.05, 0.1) is 5.11 Å². The van der Waals surface area contributed by atoms with Gasteiger partial charge in [-0.05, 0) is 0 Å². The maximum Gasteiger partial charge on any atom is 0.0882 e. The largest absolute Gasteiger partial charge is 0.288 e. The Kier molecular flexibility index (Phi) is 4.32. The van der Waals surface area contributed by atoms with E-state index in [1.807, 2.05) is 6.92 Å². The monoisotopic (exact) mass is 121 g/mol. The molecule has 4 heteroatoms. The van der Waals surface area contributed by atoms with Crippen LogP contribution in [0, 0.1) is 0 Å². The van der Waals surface area contributed by atoms with Crippen molar-refractivity contribution in [1.29, 1.82) is 0 Å². The molecule has 0 aromatic rings. The fourth-order valence-corrected chi connectivity index (χ4v) is 0.511. The van der Waals surface area contributed by atoms with E-state index in [-0.39, 0.29) is 0 Å². The number of rotatable bonds is 2. The zero-order valence-electron chi connectivity index (χ0n) is 4.31. The summed E-state index contributed by atoms with van der Waals surface area (Å²) in [6.45, 7) is 2.90. The Bertz CT molecular complexity index is 66.6. The molecule has 0 rings (SSSR count). The predicted molar refractivity (Wildman–Crippen MR) is 36.0 cm³/mol. The van der Waals surface area contributed by atoms with E-state index in [0.717, 1.165) is 18.1 Å². The molecule has 0 atom stereocenters. The molecule has 0 aromatic heterocycles. The summed E-state index contributed by atoms with van der Waals surface area (Å²) in [7, 11) is 0. The molecule has 0 saturated carbocycles. The SMILES string of the molecule is CCN[SH]=C(N)N. The van der Waals surface area contributed by atoms with E-state index in [1.165, 1.54) is 0 Å². The van der Waals surface area contributed by atoms with Crippen LogP contribution in [0.2, 0.25) is 0 Å². The summed E-state index contributed by atoms with van der Waals surface area (Å²) >= 11 is 0.832. The standard InChI is InChI=1S/C3H11N3S/c1-2-6-7-3(4)5/h6-7H,2,4-5H2,1H3. The third-order valence-electron chi connectivity index (χ3n) is 0.366. The van der Waals surface area contributed by atoms with Crippen molar-refractivity contribution in [2.45, 2.75) is 6.92 Å². The quantitative estimate of drug-likeness (QED) is 0.279. The van der Waals surface area contributed by atoms with Gasteiger partial charge >= 0.3 is 0 Å². The van der Waals surface area contributed by atoms with Crippen LogP contribution in [0.4, 0.5) is 0 Å². The van der Waals surface area contributed by atoms with Gasteiger partial charge in [0.2, 0.25) is 0 Å². The Labute approximate surface area is 47.2 Å². The van der Waals surface area contributed by atoms with Gasteiger partial charge in [-0.1, -0.05) is 6.92 Å². The van der Waals surface area contributed by atoms with Gasteiger partial charge in [0.15, 0.2) is 0 Å². The van der Waals surface area contributed by atoms with Gasteiger partial charge < -0.3 is 0 Å². The average Bonchev–Trinajstić information content (AvgIpc) is 1.61. The van der Waals surface area contributed by atoms with Crippen molar-refractivity contribution in [2.75, 3.05) is 6.54 Å². The second-order valence-corrected chi connectivity index (χ2v) is 2.10. The molecular weight excluding hydrogens is 110 g/mol. The van der Waals surface area contributed by atoms with Gasteiger partial charge in [0.1, 0.15) is 0 Å². The highest BCUT2D eigenvalue weighted by Gasteiger charge is 1.69. The fourth-order valence-electron chi connectivity index (χ4n) is 0.170. The maximum absolute atomic E-state index is 5.10. The lowest BCUT2D eigenvalue weighted by Crippen LogP contribution is -2.22. The molecule has 0 spiro atoms. The van der Waals surface area contributed by atoms with Gasteiger partial charge in [0.25, 0.3) is 0 Å². The molecule has 0 aliphatic rings. The molecule has 44 valence electrons. The molecule has 3 nitrogen and oxygen atoms in total. The molecule has 0 aliphatic carbocycles. The van der Waals surface area contributed by atoms with Crippen LogP contribution >= 0.6 is 11.5 Å². The van der Waals surface area contributed by atoms with Gasteiger partial charge in [-0.3, -0.25) is 16.2 Å². The van der Waals surface area contributed by atoms with E-state index in [0.29, 0.717) is 5.11 Å². The number of nitrogens with one attached hydrogen (secondary N) is 1. The molecule has 0 unspecified atom stereocenters. The Morgan fingerprint density at radius 3 is 2.43 bits per heavy atom. The average molecular weight is 121 g/mol. The molecule has 0 aliphatic heterocycles. The Balaban J connectivity index is 3.08. The van der Waals surface area contributed by atoms with Crippen molar-refractivity contribution >= 4 is 16.6 Å². The molecule has 5 N–H and O–H groups in total. The van der Waals surface area contributed by atoms with Gasteiger partial charge in [-0.15, -0.1) is 11.5 Å². The molecule has 0 bridgehead atoms. The van der Waals surface area contributed by atoms with Crippen LogP contribution in [0.5, 0.6) is 0 Å². The highest BCUT2D eigenvalue weighted by molar-refractivity contribution is 7.96. The van der Waals surface area contributed by atoms with Gasteiger partial charge in [-0.2, -0.15) is 0 Å². The first-order valence-corrected chi connectivity index (χ1v) is 2.98. The zero-order chi connectivity index (χ0) is 5.70. The molecule has 0 aromatic carbocycles. The minimum absolute atomic E-state index is 0.418. The summed E-state index contributed by atoms with van der Waals surface area (Å²) in [6.07, 6.45) is 0. The number of hydrogen-bond acceptors (Lipinski definition) is 1. The second-order valence-electron chi connectivity index (χ2n) is 1.05. The predicted octanol–water partition coefficient (Wildman–Crippen LogP) is -1.02. The Morgan fingerprint density at radius 1 is 1.71 bits per heavy atom. The van der Waals surface area contributed by atoms with Crippen LogP contribution in [0.1, 0.15) is 6.92 Å². The lowest BCUT2D eigenvalue weighted by atomic mass is 10.8. The summed E-state index contributed by atoms with van der Waals surface area (Å²) < 4.78 is 2.93. The van der Waals surface area contributed by atoms with E-state index >= 15 is 0 Å². The van der Waals surface area contributed by atoms with Crippen LogP contribution in [0.3, 0.4) is 0 Å². The van der Waals surface area contributed by atoms with Crippen molar-refractivity contribution < 1.29 is 0 Å². The van der Waals surface area contributed by atoms with E-state index < -0.39 is 0 Å². The minimum atomic E-state index is 0.418. The van der Waals surface area contributed by atoms with Gasteiger partial charge in [-0.25, -0.2) is 0 Å². The van der Waals surface area contributed by atoms with E-state index in [1.54, 1.807) is 0 Å². The van der Waals surface area contributed by atoms with Gasteiger partial charge in [0, 0.05) is 6.54 Å². The van der Waals surface area contributed by atoms with Crippen molar-refractivity contribution in [3.05, 3.63) is 0 Å². The highest BCUT2D eigenvalue weighted by atomic mass is 32.1. The van der Waals surface area contributed by atoms with Crippen molar-refractivity contribution in [1.82, 2.24) is 4.72 Å². The summed E-state index contributed by atoms with van der Waals surface area (Å²) in [5.41, 5.74) is 10.2. The van der Waals surface area contributed by atoms with E-state index in [2.05, 4.69) is 4.72 Å². The third kappa shape index (κ3) is 6.10. The lowest BCUT2D eigenvalue weighted by molar-refractivity contribution is 1.04. The van der Waals surface area contributed by atoms with Crippen LogP contribution < -0.4 is 16.2 Å². The normalized spacial score (nSPS) is 9.00. The third-order valence-corrected chi connectivity index (χ3v) is 1.10.